The number of nitrogens with zero attached hydrogens (tertiary/aromatic N) is 2. The Kier molecular flexibility index (Phi) is 4.87. The van der Waals surface area contributed by atoms with Crippen molar-refractivity contribution in [3.8, 4) is 0 Å². The van der Waals surface area contributed by atoms with Gasteiger partial charge in [0.2, 0.25) is 7.37 Å². The molecule has 0 spiro atoms. The van der Waals surface area contributed by atoms with Gasteiger partial charge in [-0.3, -0.25) is 9.13 Å². The molecule has 10 heteroatoms. The fourth-order valence-corrected chi connectivity index (χ4v) is 3.10. The first-order valence-corrected chi connectivity index (χ1v) is 9.18. The van der Waals surface area contributed by atoms with E-state index in [-0.39, 0.29) is 24.2 Å². The van der Waals surface area contributed by atoms with Crippen molar-refractivity contribution in [2.45, 2.75) is 11.7 Å². The van der Waals surface area contributed by atoms with E-state index in [1.54, 1.807) is 0 Å². The third-order valence-electron chi connectivity index (χ3n) is 2.48. The fourth-order valence-electron chi connectivity index (χ4n) is 1.64. The molecule has 2 heterocycles. The van der Waals surface area contributed by atoms with Gasteiger partial charge in [0.15, 0.2) is 0 Å². The Morgan fingerprint density at radius 1 is 1.75 bits per heavy atom. The molecule has 0 saturated carbocycles. The molecule has 0 amide bonds. The van der Waals surface area contributed by atoms with Gasteiger partial charge in [0.25, 0.3) is 0 Å². The van der Waals surface area contributed by atoms with Gasteiger partial charge in [-0.2, -0.15) is 4.98 Å². The largest absolute Gasteiger partial charge is 0.383 e. The van der Waals surface area contributed by atoms with Crippen LogP contribution in [0.2, 0.25) is 0 Å². The highest BCUT2D eigenvalue weighted by Crippen LogP contribution is 2.36. The van der Waals surface area contributed by atoms with Gasteiger partial charge in [-0.05, 0) is 6.07 Å². The summed E-state index contributed by atoms with van der Waals surface area (Å²) in [5, 5.41) is 0. The van der Waals surface area contributed by atoms with Crippen molar-refractivity contribution in [2.75, 3.05) is 31.1 Å². The molecule has 1 aromatic heterocycles. The van der Waals surface area contributed by atoms with Crippen LogP contribution in [0.1, 0.15) is 6.23 Å². The normalized spacial score (nSPS) is 25.5. The number of thioether (sulfide) groups is 1. The van der Waals surface area contributed by atoms with Gasteiger partial charge in [-0.25, -0.2) is 4.79 Å². The molecule has 3 atom stereocenters. The van der Waals surface area contributed by atoms with E-state index >= 15 is 0 Å². The number of aromatic nitrogens is 2. The molecule has 0 bridgehead atoms. The molecular weight excluding hydrogens is 305 g/mol. The first kappa shape index (κ1) is 15.5. The van der Waals surface area contributed by atoms with Crippen LogP contribution in [0.5, 0.6) is 0 Å². The minimum absolute atomic E-state index is 0.165. The summed E-state index contributed by atoms with van der Waals surface area (Å²) in [7, 11) is -3.18. The molecule has 1 aliphatic rings. The highest BCUT2D eigenvalue weighted by Gasteiger charge is 2.28. The van der Waals surface area contributed by atoms with Crippen LogP contribution >= 0.6 is 19.1 Å². The molecule has 8 nitrogen and oxygen atoms in total. The highest BCUT2D eigenvalue weighted by molar-refractivity contribution is 8.00. The van der Waals surface area contributed by atoms with Gasteiger partial charge in [0, 0.05) is 18.6 Å². The van der Waals surface area contributed by atoms with Gasteiger partial charge in [-0.15, -0.1) is 11.8 Å². The summed E-state index contributed by atoms with van der Waals surface area (Å²) in [4.78, 5) is 24.4. The number of rotatable bonds is 5. The van der Waals surface area contributed by atoms with Gasteiger partial charge >= 0.3 is 5.69 Å². The predicted molar refractivity (Wildman–Crippen MR) is 75.8 cm³/mol. The van der Waals surface area contributed by atoms with Crippen LogP contribution in [0.25, 0.3) is 0 Å². The lowest BCUT2D eigenvalue weighted by molar-refractivity contribution is -0.0186. The number of hydrogen-bond donors (Lipinski definition) is 2. The van der Waals surface area contributed by atoms with Crippen LogP contribution in [0.3, 0.4) is 0 Å². The molecule has 2 rings (SSSR count). The Bertz CT molecular complexity index is 574. The maximum Gasteiger partial charge on any atom is 0.351 e. The summed E-state index contributed by atoms with van der Waals surface area (Å²) < 4.78 is 23.2. The highest BCUT2D eigenvalue weighted by atomic mass is 32.2. The molecule has 1 saturated heterocycles. The van der Waals surface area contributed by atoms with Crippen LogP contribution < -0.4 is 11.4 Å². The molecule has 1 aromatic rings. The minimum atomic E-state index is -3.18. The Hall–Kier alpha value is -0.860. The van der Waals surface area contributed by atoms with E-state index in [0.717, 1.165) is 0 Å². The number of nitrogens with two attached hydrogens (primary N) is 1. The molecule has 0 aliphatic carbocycles. The number of hydrogen-bond acceptors (Lipinski definition) is 7. The van der Waals surface area contributed by atoms with Crippen molar-refractivity contribution >= 4 is 24.9 Å². The van der Waals surface area contributed by atoms with E-state index in [4.69, 9.17) is 20.1 Å². The summed E-state index contributed by atoms with van der Waals surface area (Å²) >= 11 is 1.47. The van der Waals surface area contributed by atoms with Crippen molar-refractivity contribution in [2.24, 2.45) is 0 Å². The zero-order valence-electron chi connectivity index (χ0n) is 10.8. The lowest BCUT2D eigenvalue weighted by Gasteiger charge is -2.15. The SMILES string of the molecule is CP(=O)(O)COC[C@H]1O[C@@H](n2ccc(N)nc2=O)CS1. The monoisotopic (exact) mass is 321 g/mol. The van der Waals surface area contributed by atoms with Crippen molar-refractivity contribution in [1.82, 2.24) is 9.55 Å². The smallest absolute Gasteiger partial charge is 0.351 e. The van der Waals surface area contributed by atoms with Crippen LogP contribution in [0, 0.1) is 0 Å². The first-order valence-electron chi connectivity index (χ1n) is 5.84. The molecule has 1 fully saturated rings. The lowest BCUT2D eigenvalue weighted by atomic mass is 10.5. The molecule has 0 aromatic carbocycles. The van der Waals surface area contributed by atoms with Crippen molar-refractivity contribution in [3.05, 3.63) is 22.7 Å². The van der Waals surface area contributed by atoms with Crippen molar-refractivity contribution < 1.29 is 18.9 Å². The number of anilines is 1. The molecule has 1 unspecified atom stereocenters. The summed E-state index contributed by atoms with van der Waals surface area (Å²) in [6.45, 7) is 1.43. The van der Waals surface area contributed by atoms with Crippen LogP contribution in [0.4, 0.5) is 5.82 Å². The van der Waals surface area contributed by atoms with Crippen LogP contribution in [0.15, 0.2) is 17.1 Å². The van der Waals surface area contributed by atoms with E-state index in [1.807, 2.05) is 0 Å². The Balaban J connectivity index is 1.89. The number of ether oxygens (including phenoxy) is 2. The minimum Gasteiger partial charge on any atom is -0.383 e. The van der Waals surface area contributed by atoms with E-state index < -0.39 is 19.3 Å². The second-order valence-corrected chi connectivity index (χ2v) is 8.00. The average Bonchev–Trinajstić information content (AvgIpc) is 2.75. The van der Waals surface area contributed by atoms with E-state index in [1.165, 1.54) is 35.3 Å². The van der Waals surface area contributed by atoms with E-state index in [2.05, 4.69) is 4.98 Å². The second kappa shape index (κ2) is 6.28. The van der Waals surface area contributed by atoms with Gasteiger partial charge in [0.05, 0.1) is 6.61 Å². The zero-order valence-corrected chi connectivity index (χ0v) is 12.5. The van der Waals surface area contributed by atoms with Crippen molar-refractivity contribution in [3.63, 3.8) is 0 Å². The van der Waals surface area contributed by atoms with Gasteiger partial charge in [-0.1, -0.05) is 0 Å². The summed E-state index contributed by atoms with van der Waals surface area (Å²) in [5.41, 5.74) is 4.67. The molecule has 3 N–H and O–H groups in total. The summed E-state index contributed by atoms with van der Waals surface area (Å²) in [6, 6.07) is 1.53. The average molecular weight is 321 g/mol. The lowest BCUT2D eigenvalue weighted by Crippen LogP contribution is -2.28. The quantitative estimate of drug-likeness (QED) is 0.743. The molecular formula is C10H16N3O5PS. The van der Waals surface area contributed by atoms with E-state index in [0.29, 0.717) is 5.75 Å². The van der Waals surface area contributed by atoms with Crippen LogP contribution in [-0.2, 0) is 14.0 Å². The summed E-state index contributed by atoms with van der Waals surface area (Å²) in [5.74, 6) is 0.737. The maximum atomic E-state index is 11.7. The Morgan fingerprint density at radius 2 is 2.50 bits per heavy atom. The number of nitrogen functional groups attached to an aromatic ring is 1. The Labute approximate surface area is 119 Å². The molecule has 1 aliphatic heterocycles. The molecule has 0 radical (unpaired) electrons. The first-order chi connectivity index (χ1) is 9.35. The van der Waals surface area contributed by atoms with Gasteiger partial charge in [0.1, 0.15) is 23.8 Å². The third-order valence-corrected chi connectivity index (χ3v) is 4.24. The standard InChI is InChI=1S/C10H16N3O5PS/c1-19(15,16)6-17-4-9-18-8(5-20-9)13-3-2-7(11)12-10(13)14/h2-3,8-9H,4-6H2,1H3,(H,15,16)(H2,11,12,14)/t8-,9+/m1/s1. The molecule has 20 heavy (non-hydrogen) atoms. The third kappa shape index (κ3) is 4.32. The van der Waals surface area contributed by atoms with Crippen LogP contribution in [-0.4, -0.2) is 45.3 Å². The second-order valence-electron chi connectivity index (χ2n) is 4.45. The summed E-state index contributed by atoms with van der Waals surface area (Å²) in [6.07, 6.45) is 0.894. The van der Waals surface area contributed by atoms with E-state index in [9.17, 15) is 9.36 Å². The fraction of sp³-hybridized carbons (Fsp3) is 0.600. The molecule has 112 valence electrons. The topological polar surface area (TPSA) is 117 Å². The zero-order chi connectivity index (χ0) is 14.8. The predicted octanol–water partition coefficient (Wildman–Crippen LogP) is 0.288. The maximum absolute atomic E-state index is 11.7. The van der Waals surface area contributed by atoms with Crippen molar-refractivity contribution in [1.29, 1.82) is 0 Å². The Morgan fingerprint density at radius 3 is 3.15 bits per heavy atom. The van der Waals surface area contributed by atoms with Gasteiger partial charge < -0.3 is 20.1 Å².